The summed E-state index contributed by atoms with van der Waals surface area (Å²) in [5.41, 5.74) is 6.09. The molecule has 2 atom stereocenters. The number of nitrogens with two attached hydrogens (primary N) is 1. The Morgan fingerprint density at radius 3 is 2.83 bits per heavy atom. The van der Waals surface area contributed by atoms with Gasteiger partial charge >= 0.3 is 0 Å². The van der Waals surface area contributed by atoms with Gasteiger partial charge in [-0.3, -0.25) is 14.5 Å². The molecule has 0 unspecified atom stereocenters. The van der Waals surface area contributed by atoms with Gasteiger partial charge in [-0.2, -0.15) is 0 Å². The van der Waals surface area contributed by atoms with Crippen molar-refractivity contribution >= 4 is 17.5 Å². The van der Waals surface area contributed by atoms with Gasteiger partial charge in [-0.25, -0.2) is 0 Å². The lowest BCUT2D eigenvalue weighted by Crippen LogP contribution is -2.52. The molecule has 0 radical (unpaired) electrons. The zero-order chi connectivity index (χ0) is 16.4. The number of fused-ring (bicyclic) bond motifs is 1. The first kappa shape index (κ1) is 15.8. The predicted molar refractivity (Wildman–Crippen MR) is 87.3 cm³/mol. The molecular formula is C17H23N3O3. The maximum atomic E-state index is 12.8. The van der Waals surface area contributed by atoms with E-state index < -0.39 is 12.0 Å². The Bertz CT molecular complexity index is 605. The van der Waals surface area contributed by atoms with Gasteiger partial charge in [-0.15, -0.1) is 0 Å². The van der Waals surface area contributed by atoms with Crippen LogP contribution in [0.4, 0.5) is 5.69 Å². The molecule has 1 aromatic rings. The molecule has 6 nitrogen and oxygen atoms in total. The molecule has 2 amide bonds. The fourth-order valence-corrected chi connectivity index (χ4v) is 3.27. The second kappa shape index (κ2) is 6.58. The number of primary amides is 1. The first-order chi connectivity index (χ1) is 11.1. The van der Waals surface area contributed by atoms with E-state index in [0.29, 0.717) is 24.0 Å². The number of anilines is 1. The Labute approximate surface area is 136 Å². The molecule has 0 spiro atoms. The Morgan fingerprint density at radius 1 is 1.30 bits per heavy atom. The highest BCUT2D eigenvalue weighted by atomic mass is 16.5. The van der Waals surface area contributed by atoms with Crippen molar-refractivity contribution in [3.63, 3.8) is 0 Å². The molecule has 0 bridgehead atoms. The lowest BCUT2D eigenvalue weighted by Gasteiger charge is -2.37. The molecule has 2 heterocycles. The normalized spacial score (nSPS) is 24.7. The van der Waals surface area contributed by atoms with Gasteiger partial charge in [0.1, 0.15) is 5.75 Å². The van der Waals surface area contributed by atoms with E-state index in [0.717, 1.165) is 19.4 Å². The molecule has 0 saturated carbocycles. The highest BCUT2D eigenvalue weighted by molar-refractivity contribution is 5.98. The number of amides is 2. The van der Waals surface area contributed by atoms with Crippen molar-refractivity contribution in [1.29, 1.82) is 0 Å². The summed E-state index contributed by atoms with van der Waals surface area (Å²) in [5, 5.41) is 0. The van der Waals surface area contributed by atoms with Crippen molar-refractivity contribution in [2.75, 3.05) is 24.5 Å². The lowest BCUT2D eigenvalue weighted by molar-refractivity contribution is -0.125. The first-order valence-corrected chi connectivity index (χ1v) is 8.15. The van der Waals surface area contributed by atoms with Crippen LogP contribution in [0.25, 0.3) is 0 Å². The molecule has 0 aliphatic carbocycles. The summed E-state index contributed by atoms with van der Waals surface area (Å²) in [4.78, 5) is 28.2. The Hall–Kier alpha value is -2.08. The molecule has 1 saturated heterocycles. The lowest BCUT2D eigenvalue weighted by atomic mass is 10.0. The third-order valence-corrected chi connectivity index (χ3v) is 4.67. The number of likely N-dealkylation sites (tertiary alicyclic amines) is 1. The van der Waals surface area contributed by atoms with E-state index in [-0.39, 0.29) is 12.5 Å². The second-order valence-electron chi connectivity index (χ2n) is 6.30. The van der Waals surface area contributed by atoms with E-state index in [4.69, 9.17) is 10.5 Å². The number of hydrogen-bond acceptors (Lipinski definition) is 4. The maximum absolute atomic E-state index is 12.8. The molecule has 1 aromatic carbocycles. The zero-order valence-corrected chi connectivity index (χ0v) is 13.4. The molecule has 0 aromatic heterocycles. The summed E-state index contributed by atoms with van der Waals surface area (Å²) in [6.07, 6.45) is 2.67. The number of piperidine rings is 1. The van der Waals surface area contributed by atoms with Crippen LogP contribution >= 0.6 is 0 Å². The number of para-hydroxylation sites is 2. The first-order valence-electron chi connectivity index (χ1n) is 8.15. The number of nitrogens with zero attached hydrogens (tertiary/aromatic N) is 2. The van der Waals surface area contributed by atoms with Gasteiger partial charge in [-0.05, 0) is 38.4 Å². The smallest absolute Gasteiger partial charge is 0.260 e. The van der Waals surface area contributed by atoms with Crippen LogP contribution in [-0.2, 0) is 9.59 Å². The largest absolute Gasteiger partial charge is 0.477 e. The summed E-state index contributed by atoms with van der Waals surface area (Å²) in [7, 11) is 0. The number of carbonyl (C=O) groups excluding carboxylic acids is 2. The van der Waals surface area contributed by atoms with Gasteiger partial charge in [0.25, 0.3) is 5.91 Å². The summed E-state index contributed by atoms with van der Waals surface area (Å²) < 4.78 is 5.60. The fraction of sp³-hybridized carbons (Fsp3) is 0.529. The average Bonchev–Trinajstić information content (AvgIpc) is 2.55. The van der Waals surface area contributed by atoms with E-state index in [2.05, 4.69) is 11.8 Å². The number of ether oxygens (including phenoxy) is 1. The highest BCUT2D eigenvalue weighted by Gasteiger charge is 2.33. The molecule has 3 rings (SSSR count). The van der Waals surface area contributed by atoms with Crippen LogP contribution in [0.15, 0.2) is 24.3 Å². The summed E-state index contributed by atoms with van der Waals surface area (Å²) in [6.45, 7) is 3.64. The van der Waals surface area contributed by atoms with E-state index in [1.807, 2.05) is 18.2 Å². The Balaban J connectivity index is 1.79. The predicted octanol–water partition coefficient (Wildman–Crippen LogP) is 1.14. The molecular weight excluding hydrogens is 294 g/mol. The average molecular weight is 317 g/mol. The van der Waals surface area contributed by atoms with Crippen LogP contribution in [0.1, 0.15) is 26.2 Å². The van der Waals surface area contributed by atoms with Crippen LogP contribution in [0.5, 0.6) is 5.75 Å². The molecule has 6 heteroatoms. The number of benzene rings is 1. The minimum Gasteiger partial charge on any atom is -0.477 e. The number of rotatable bonds is 3. The van der Waals surface area contributed by atoms with Crippen LogP contribution in [0.3, 0.4) is 0 Å². The van der Waals surface area contributed by atoms with E-state index in [1.165, 1.54) is 6.42 Å². The molecule has 23 heavy (non-hydrogen) atoms. The SMILES string of the molecule is C[C@H]1CCCCN1CC(=O)N1C[C@@H](C(N)=O)Oc2ccccc21. The Kier molecular flexibility index (Phi) is 4.52. The standard InChI is InChI=1S/C17H23N3O3/c1-12-6-4-5-9-19(12)11-16(21)20-10-15(17(18)22)23-14-8-3-2-7-13(14)20/h2-3,7-8,12,15H,4-6,9-11H2,1H3,(H2,18,22)/t12-,15-/m0/s1. The van der Waals surface area contributed by atoms with Gasteiger partial charge in [0.2, 0.25) is 5.91 Å². The van der Waals surface area contributed by atoms with Gasteiger partial charge < -0.3 is 15.4 Å². The van der Waals surface area contributed by atoms with Crippen molar-refractivity contribution in [3.8, 4) is 5.75 Å². The quantitative estimate of drug-likeness (QED) is 0.907. The van der Waals surface area contributed by atoms with E-state index in [1.54, 1.807) is 11.0 Å². The minimum atomic E-state index is -0.798. The van der Waals surface area contributed by atoms with Crippen LogP contribution < -0.4 is 15.4 Å². The second-order valence-corrected chi connectivity index (χ2v) is 6.30. The number of hydrogen-bond donors (Lipinski definition) is 1. The zero-order valence-electron chi connectivity index (χ0n) is 13.4. The molecule has 124 valence electrons. The van der Waals surface area contributed by atoms with E-state index in [9.17, 15) is 9.59 Å². The molecule has 2 N–H and O–H groups in total. The van der Waals surface area contributed by atoms with Crippen molar-refractivity contribution in [2.24, 2.45) is 5.73 Å². The van der Waals surface area contributed by atoms with Gasteiger partial charge in [0.15, 0.2) is 6.10 Å². The molecule has 1 fully saturated rings. The maximum Gasteiger partial charge on any atom is 0.260 e. The molecule has 2 aliphatic heterocycles. The fourth-order valence-electron chi connectivity index (χ4n) is 3.27. The van der Waals surface area contributed by atoms with Crippen molar-refractivity contribution < 1.29 is 14.3 Å². The summed E-state index contributed by atoms with van der Waals surface area (Å²) in [6, 6.07) is 7.68. The minimum absolute atomic E-state index is 0.0132. The van der Waals surface area contributed by atoms with Crippen molar-refractivity contribution in [2.45, 2.75) is 38.3 Å². The third kappa shape index (κ3) is 3.32. The van der Waals surface area contributed by atoms with E-state index >= 15 is 0 Å². The van der Waals surface area contributed by atoms with Gasteiger partial charge in [0.05, 0.1) is 18.8 Å². The van der Waals surface area contributed by atoms with Crippen LogP contribution in [-0.4, -0.2) is 48.5 Å². The highest BCUT2D eigenvalue weighted by Crippen LogP contribution is 2.33. The van der Waals surface area contributed by atoms with Gasteiger partial charge in [0, 0.05) is 6.04 Å². The summed E-state index contributed by atoms with van der Waals surface area (Å²) >= 11 is 0. The van der Waals surface area contributed by atoms with Crippen molar-refractivity contribution in [3.05, 3.63) is 24.3 Å². The monoisotopic (exact) mass is 317 g/mol. The van der Waals surface area contributed by atoms with Crippen molar-refractivity contribution in [1.82, 2.24) is 4.90 Å². The van der Waals surface area contributed by atoms with Crippen LogP contribution in [0.2, 0.25) is 0 Å². The Morgan fingerprint density at radius 2 is 2.09 bits per heavy atom. The summed E-state index contributed by atoms with van der Waals surface area (Å²) in [5.74, 6) is -0.0352. The number of carbonyl (C=O) groups is 2. The topological polar surface area (TPSA) is 75.9 Å². The third-order valence-electron chi connectivity index (χ3n) is 4.67. The molecule has 2 aliphatic rings. The van der Waals surface area contributed by atoms with Crippen LogP contribution in [0, 0.1) is 0 Å². The van der Waals surface area contributed by atoms with Gasteiger partial charge in [-0.1, -0.05) is 18.6 Å².